The normalized spacial score (nSPS) is 14.4. The first kappa shape index (κ1) is 36.0. The van der Waals surface area contributed by atoms with E-state index in [4.69, 9.17) is 14.2 Å². The third kappa shape index (κ3) is 9.64. The molecule has 1 aliphatic heterocycles. The number of nitrogens with one attached hydrogen (secondary N) is 1. The van der Waals surface area contributed by atoms with E-state index in [1.54, 1.807) is 39.0 Å². The second-order valence-electron chi connectivity index (χ2n) is 12.9. The van der Waals surface area contributed by atoms with Gasteiger partial charge in [0.2, 0.25) is 5.91 Å². The average molecular weight is 689 g/mol. The topological polar surface area (TPSA) is 94.2 Å². The van der Waals surface area contributed by atoms with Gasteiger partial charge in [-0.1, -0.05) is 72.8 Å². The van der Waals surface area contributed by atoms with Crippen LogP contribution in [0.2, 0.25) is 0 Å². The van der Waals surface area contributed by atoms with Crippen molar-refractivity contribution in [2.24, 2.45) is 0 Å². The zero-order chi connectivity index (χ0) is 35.9. The number of nitrogens with zero attached hydrogens (tertiary/aromatic N) is 1. The smallest absolute Gasteiger partial charge is 0.416 e. The first-order valence-electron chi connectivity index (χ1n) is 16.3. The molecule has 1 heterocycles. The van der Waals surface area contributed by atoms with Crippen LogP contribution in [0, 0.1) is 0 Å². The van der Waals surface area contributed by atoms with Gasteiger partial charge in [-0.3, -0.25) is 14.5 Å². The van der Waals surface area contributed by atoms with Crippen LogP contribution in [0.5, 0.6) is 5.75 Å². The predicted octanol–water partition coefficient (Wildman–Crippen LogP) is 8.04. The van der Waals surface area contributed by atoms with E-state index in [1.165, 1.54) is 17.0 Å². The number of halogens is 3. The maximum absolute atomic E-state index is 13.7. The van der Waals surface area contributed by atoms with Crippen LogP contribution in [-0.4, -0.2) is 41.6 Å². The Morgan fingerprint density at radius 1 is 0.820 bits per heavy atom. The second-order valence-corrected chi connectivity index (χ2v) is 12.9. The number of hydrogen-bond acceptors (Lipinski definition) is 6. The Kier molecular flexibility index (Phi) is 11.1. The Morgan fingerprint density at radius 3 is 2.12 bits per heavy atom. The highest BCUT2D eigenvalue weighted by Gasteiger charge is 2.38. The van der Waals surface area contributed by atoms with E-state index in [0.29, 0.717) is 23.3 Å². The van der Waals surface area contributed by atoms with E-state index in [0.717, 1.165) is 34.4 Å². The third-order valence-corrected chi connectivity index (χ3v) is 8.00. The van der Waals surface area contributed by atoms with Gasteiger partial charge in [-0.2, -0.15) is 13.2 Å². The Morgan fingerprint density at radius 2 is 1.46 bits per heavy atom. The van der Waals surface area contributed by atoms with Crippen molar-refractivity contribution in [2.45, 2.75) is 64.6 Å². The summed E-state index contributed by atoms with van der Waals surface area (Å²) in [5.41, 5.74) is 3.26. The minimum atomic E-state index is -4.44. The van der Waals surface area contributed by atoms with Crippen LogP contribution in [0.15, 0.2) is 97.1 Å². The van der Waals surface area contributed by atoms with Gasteiger partial charge in [0.15, 0.2) is 0 Å². The molecule has 0 aliphatic carbocycles. The molecule has 4 aromatic carbocycles. The van der Waals surface area contributed by atoms with Gasteiger partial charge in [-0.15, -0.1) is 0 Å². The van der Waals surface area contributed by atoms with Crippen LogP contribution < -0.4 is 10.1 Å². The molecule has 11 heteroatoms. The number of amides is 2. The number of carbonyl (C=O) groups excluding carboxylic acids is 3. The highest BCUT2D eigenvalue weighted by molar-refractivity contribution is 5.88. The maximum Gasteiger partial charge on any atom is 0.416 e. The Balaban J connectivity index is 1.22. The first-order valence-corrected chi connectivity index (χ1v) is 16.3. The van der Waals surface area contributed by atoms with Gasteiger partial charge in [0.05, 0.1) is 12.0 Å². The molecule has 0 bridgehead atoms. The van der Waals surface area contributed by atoms with Crippen LogP contribution in [0.4, 0.5) is 18.0 Å². The molecule has 4 aromatic rings. The highest BCUT2D eigenvalue weighted by Crippen LogP contribution is 2.35. The lowest BCUT2D eigenvalue weighted by Gasteiger charge is -2.37. The summed E-state index contributed by atoms with van der Waals surface area (Å²) in [5, 5.41) is 2.77. The largest absolute Gasteiger partial charge is 0.489 e. The molecule has 0 unspecified atom stereocenters. The number of benzene rings is 4. The third-order valence-electron chi connectivity index (χ3n) is 8.00. The van der Waals surface area contributed by atoms with Gasteiger partial charge in [0, 0.05) is 13.1 Å². The Bertz CT molecular complexity index is 1790. The first-order chi connectivity index (χ1) is 23.8. The van der Waals surface area contributed by atoms with Gasteiger partial charge < -0.3 is 19.5 Å². The highest BCUT2D eigenvalue weighted by atomic mass is 19.4. The van der Waals surface area contributed by atoms with Gasteiger partial charge >= 0.3 is 18.2 Å². The molecule has 0 aromatic heterocycles. The van der Waals surface area contributed by atoms with Crippen LogP contribution in [0.3, 0.4) is 0 Å². The molecular formula is C39H39F3N2O6. The van der Waals surface area contributed by atoms with E-state index in [9.17, 15) is 27.6 Å². The quantitative estimate of drug-likeness (QED) is 0.170. The van der Waals surface area contributed by atoms with Crippen molar-refractivity contribution in [1.82, 2.24) is 10.2 Å². The zero-order valence-corrected chi connectivity index (χ0v) is 28.1. The van der Waals surface area contributed by atoms with E-state index in [1.807, 2.05) is 54.6 Å². The minimum Gasteiger partial charge on any atom is -0.489 e. The summed E-state index contributed by atoms with van der Waals surface area (Å²) in [7, 11) is 0. The lowest BCUT2D eigenvalue weighted by atomic mass is 9.92. The van der Waals surface area contributed by atoms with E-state index < -0.39 is 41.4 Å². The molecule has 1 N–H and O–H groups in total. The molecule has 2 amide bonds. The van der Waals surface area contributed by atoms with E-state index >= 15 is 0 Å². The molecule has 0 saturated carbocycles. The number of carbonyl (C=O) groups is 3. The summed E-state index contributed by atoms with van der Waals surface area (Å²) in [6, 6.07) is 26.4. The molecule has 0 radical (unpaired) electrons. The molecule has 1 atom stereocenters. The SMILES string of the molecule is CC(C)(C)OC(=O)N1CCc2ccc(OCc3ccc(C(F)(F)F)cc3)cc2[C@H]1C(=O)NCCC(=O)OCc1ccc(-c2ccccc2)cc1. The summed E-state index contributed by atoms with van der Waals surface area (Å²) in [4.78, 5) is 40.9. The lowest BCUT2D eigenvalue weighted by molar-refractivity contribution is -0.145. The molecule has 50 heavy (non-hydrogen) atoms. The van der Waals surface area contributed by atoms with Crippen LogP contribution in [-0.2, 0) is 44.9 Å². The number of rotatable bonds is 10. The summed E-state index contributed by atoms with van der Waals surface area (Å²) in [6.45, 7) is 5.46. The van der Waals surface area contributed by atoms with E-state index in [2.05, 4.69) is 5.32 Å². The fraction of sp³-hybridized carbons (Fsp3) is 0.308. The molecule has 0 spiro atoms. The van der Waals surface area contributed by atoms with Crippen LogP contribution in [0.1, 0.15) is 61.1 Å². The van der Waals surface area contributed by atoms with Crippen molar-refractivity contribution in [1.29, 1.82) is 0 Å². The Hall–Kier alpha value is -5.32. The number of fused-ring (bicyclic) bond motifs is 1. The minimum absolute atomic E-state index is 0.0111. The average Bonchev–Trinajstić information content (AvgIpc) is 3.08. The van der Waals surface area contributed by atoms with Crippen molar-refractivity contribution in [3.63, 3.8) is 0 Å². The lowest BCUT2D eigenvalue weighted by Crippen LogP contribution is -2.49. The fourth-order valence-electron chi connectivity index (χ4n) is 5.48. The summed E-state index contributed by atoms with van der Waals surface area (Å²) >= 11 is 0. The summed E-state index contributed by atoms with van der Waals surface area (Å²) < 4.78 is 55.8. The number of esters is 1. The van der Waals surface area contributed by atoms with Crippen molar-refractivity contribution in [2.75, 3.05) is 13.1 Å². The maximum atomic E-state index is 13.7. The predicted molar refractivity (Wildman–Crippen MR) is 181 cm³/mol. The zero-order valence-electron chi connectivity index (χ0n) is 28.1. The van der Waals surface area contributed by atoms with Gasteiger partial charge in [0.1, 0.15) is 30.6 Å². The molecular weight excluding hydrogens is 649 g/mol. The number of hydrogen-bond donors (Lipinski definition) is 1. The standard InChI is InChI=1S/C39H39F3N2O6/c1-38(2,3)50-37(47)44-22-20-30-15-18-32(48-24-27-11-16-31(17-12-27)39(40,41)42)23-33(30)35(44)36(46)43-21-19-34(45)49-25-26-9-13-29(14-10-26)28-7-5-4-6-8-28/h4-18,23,35H,19-22,24-25H2,1-3H3,(H,43,46)/t35-/m0/s1. The van der Waals surface area contributed by atoms with Crippen molar-refractivity contribution >= 4 is 18.0 Å². The molecule has 262 valence electrons. The molecule has 0 saturated heterocycles. The van der Waals surface area contributed by atoms with Crippen LogP contribution >= 0.6 is 0 Å². The number of ether oxygens (including phenoxy) is 3. The van der Waals surface area contributed by atoms with E-state index in [-0.39, 0.29) is 32.7 Å². The van der Waals surface area contributed by atoms with Crippen molar-refractivity contribution in [3.05, 3.63) is 125 Å². The molecule has 0 fully saturated rings. The monoisotopic (exact) mass is 688 g/mol. The summed E-state index contributed by atoms with van der Waals surface area (Å²) in [6.07, 6.45) is -4.74. The van der Waals surface area contributed by atoms with Gasteiger partial charge in [-0.05, 0) is 84.8 Å². The van der Waals surface area contributed by atoms with Gasteiger partial charge in [-0.25, -0.2) is 4.79 Å². The van der Waals surface area contributed by atoms with Crippen molar-refractivity contribution < 1.29 is 41.8 Å². The Labute approximate surface area is 289 Å². The second kappa shape index (κ2) is 15.5. The van der Waals surface area contributed by atoms with Crippen molar-refractivity contribution in [3.8, 4) is 16.9 Å². The van der Waals surface area contributed by atoms with Crippen LogP contribution in [0.25, 0.3) is 11.1 Å². The summed E-state index contributed by atoms with van der Waals surface area (Å²) in [5.74, 6) is -0.640. The van der Waals surface area contributed by atoms with Gasteiger partial charge in [0.25, 0.3) is 0 Å². The molecule has 1 aliphatic rings. The number of alkyl halides is 3. The fourth-order valence-corrected chi connectivity index (χ4v) is 5.48. The molecule has 5 rings (SSSR count). The molecule has 8 nitrogen and oxygen atoms in total.